The van der Waals surface area contributed by atoms with E-state index in [-0.39, 0.29) is 0 Å². The van der Waals surface area contributed by atoms with E-state index in [1.54, 1.807) is 13.2 Å². The zero-order valence-corrected chi connectivity index (χ0v) is 9.71. The third-order valence-electron chi connectivity index (χ3n) is 2.58. The summed E-state index contributed by atoms with van der Waals surface area (Å²) >= 11 is 0. The normalized spacial score (nSPS) is 24.0. The molecule has 0 heterocycles. The van der Waals surface area contributed by atoms with E-state index in [0.717, 1.165) is 11.4 Å². The van der Waals surface area contributed by atoms with Crippen LogP contribution in [0.1, 0.15) is 6.42 Å². The van der Waals surface area contributed by atoms with Crippen LogP contribution in [0.4, 0.5) is 5.69 Å². The van der Waals surface area contributed by atoms with Crippen molar-refractivity contribution >= 4 is 5.69 Å². The van der Waals surface area contributed by atoms with Crippen molar-refractivity contribution in [3.63, 3.8) is 0 Å². The Morgan fingerprint density at radius 3 is 2.59 bits per heavy atom. The smallest absolute Gasteiger partial charge is 0.139 e. The second-order valence-electron chi connectivity index (χ2n) is 3.86. The molecule has 0 aliphatic heterocycles. The maximum atomic E-state index is 5.90. The second kappa shape index (κ2) is 5.03. The Morgan fingerprint density at radius 2 is 2.00 bits per heavy atom. The zero-order valence-electron chi connectivity index (χ0n) is 9.71. The minimum Gasteiger partial charge on any atom is -0.360 e. The molecular formula is C13H15N3O. The molecule has 0 radical (unpaired) electrons. The number of hydrogen-bond donors (Lipinski definition) is 1. The molecule has 0 fully saturated rings. The predicted octanol–water partition coefficient (Wildman–Crippen LogP) is 2.92. The van der Waals surface area contributed by atoms with Crippen LogP contribution in [0.3, 0.4) is 0 Å². The van der Waals surface area contributed by atoms with Gasteiger partial charge in [-0.1, -0.05) is 24.3 Å². The average Bonchev–Trinajstić information content (AvgIpc) is 2.39. The predicted molar refractivity (Wildman–Crippen MR) is 66.7 cm³/mol. The van der Waals surface area contributed by atoms with E-state index in [1.807, 2.05) is 42.5 Å². The first kappa shape index (κ1) is 11.7. The standard InChI is InChI=1S/C13H15N3O/c1-17-13(14)9-7-12(8-10-13)16-15-11-5-3-2-4-6-11/h2-9H,10,14H2,1H3. The summed E-state index contributed by atoms with van der Waals surface area (Å²) in [4.78, 5) is 0. The Balaban J connectivity index is 2.03. The number of rotatable bonds is 3. The molecule has 0 saturated heterocycles. The monoisotopic (exact) mass is 229 g/mol. The first-order valence-electron chi connectivity index (χ1n) is 5.42. The van der Waals surface area contributed by atoms with E-state index in [9.17, 15) is 0 Å². The highest BCUT2D eigenvalue weighted by molar-refractivity contribution is 5.35. The van der Waals surface area contributed by atoms with Crippen LogP contribution in [-0.2, 0) is 4.74 Å². The van der Waals surface area contributed by atoms with Crippen molar-refractivity contribution in [3.05, 3.63) is 54.3 Å². The number of methoxy groups -OCH3 is 1. The van der Waals surface area contributed by atoms with E-state index >= 15 is 0 Å². The van der Waals surface area contributed by atoms with Gasteiger partial charge in [0.1, 0.15) is 5.72 Å². The zero-order chi connectivity index (χ0) is 12.1. The molecule has 0 bridgehead atoms. The van der Waals surface area contributed by atoms with Gasteiger partial charge in [0.2, 0.25) is 0 Å². The average molecular weight is 229 g/mol. The second-order valence-corrected chi connectivity index (χ2v) is 3.86. The molecule has 0 amide bonds. The molecule has 4 heteroatoms. The van der Waals surface area contributed by atoms with E-state index < -0.39 is 5.72 Å². The minimum absolute atomic E-state index is 0.600. The van der Waals surface area contributed by atoms with E-state index in [1.165, 1.54) is 0 Å². The first-order chi connectivity index (χ1) is 8.22. The van der Waals surface area contributed by atoms with Gasteiger partial charge in [0, 0.05) is 13.5 Å². The largest absolute Gasteiger partial charge is 0.360 e. The van der Waals surface area contributed by atoms with Crippen molar-refractivity contribution in [1.82, 2.24) is 0 Å². The van der Waals surface area contributed by atoms with Gasteiger partial charge in [-0.2, -0.15) is 10.2 Å². The molecule has 1 aliphatic rings. The quantitative estimate of drug-likeness (QED) is 0.640. The van der Waals surface area contributed by atoms with Crippen molar-refractivity contribution in [2.45, 2.75) is 12.1 Å². The number of hydrogen-bond acceptors (Lipinski definition) is 4. The van der Waals surface area contributed by atoms with Gasteiger partial charge in [0.15, 0.2) is 0 Å². The van der Waals surface area contributed by atoms with Gasteiger partial charge in [-0.15, -0.1) is 0 Å². The summed E-state index contributed by atoms with van der Waals surface area (Å²) in [5.41, 5.74) is 6.83. The van der Waals surface area contributed by atoms with E-state index in [0.29, 0.717) is 6.42 Å². The third-order valence-corrected chi connectivity index (χ3v) is 2.58. The fraction of sp³-hybridized carbons (Fsp3) is 0.231. The molecule has 1 aromatic rings. The summed E-state index contributed by atoms with van der Waals surface area (Å²) in [7, 11) is 1.59. The van der Waals surface area contributed by atoms with Crippen molar-refractivity contribution in [3.8, 4) is 0 Å². The summed E-state index contributed by atoms with van der Waals surface area (Å²) in [6.45, 7) is 0. The van der Waals surface area contributed by atoms with Crippen LogP contribution in [0.2, 0.25) is 0 Å². The van der Waals surface area contributed by atoms with Gasteiger partial charge < -0.3 is 4.74 Å². The summed E-state index contributed by atoms with van der Waals surface area (Å²) in [5.74, 6) is 0. The molecule has 0 saturated carbocycles. The van der Waals surface area contributed by atoms with Crippen molar-refractivity contribution in [1.29, 1.82) is 0 Å². The summed E-state index contributed by atoms with van der Waals surface area (Å²) in [6.07, 6.45) is 6.13. The molecule has 2 N–H and O–H groups in total. The first-order valence-corrected chi connectivity index (χ1v) is 5.42. The summed E-state index contributed by atoms with van der Waals surface area (Å²) < 4.78 is 5.16. The molecule has 0 aromatic heterocycles. The van der Waals surface area contributed by atoms with Gasteiger partial charge in [0.25, 0.3) is 0 Å². The SMILES string of the molecule is COC1(N)C=CC(N=Nc2ccccc2)=CC1. The van der Waals surface area contributed by atoms with E-state index in [4.69, 9.17) is 10.5 Å². The number of benzene rings is 1. The van der Waals surface area contributed by atoms with Gasteiger partial charge >= 0.3 is 0 Å². The molecule has 88 valence electrons. The van der Waals surface area contributed by atoms with Crippen molar-refractivity contribution in [2.24, 2.45) is 16.0 Å². The van der Waals surface area contributed by atoms with Gasteiger partial charge in [-0.3, -0.25) is 5.73 Å². The molecular weight excluding hydrogens is 214 g/mol. The molecule has 2 rings (SSSR count). The van der Waals surface area contributed by atoms with Gasteiger partial charge in [-0.25, -0.2) is 0 Å². The fourth-order valence-electron chi connectivity index (χ4n) is 1.46. The fourth-order valence-corrected chi connectivity index (χ4v) is 1.46. The molecule has 17 heavy (non-hydrogen) atoms. The maximum Gasteiger partial charge on any atom is 0.139 e. The van der Waals surface area contributed by atoms with Crippen LogP contribution in [0.25, 0.3) is 0 Å². The Labute approximate surface area is 101 Å². The Bertz CT molecular complexity index is 465. The van der Waals surface area contributed by atoms with Gasteiger partial charge in [-0.05, 0) is 24.3 Å². The van der Waals surface area contributed by atoms with Crippen molar-refractivity contribution in [2.75, 3.05) is 7.11 Å². The molecule has 1 aromatic carbocycles. The van der Waals surface area contributed by atoms with Crippen LogP contribution < -0.4 is 5.73 Å². The Hall–Kier alpha value is -1.78. The molecule has 1 atom stereocenters. The highest BCUT2D eigenvalue weighted by atomic mass is 16.5. The van der Waals surface area contributed by atoms with Gasteiger partial charge in [0.05, 0.1) is 11.4 Å². The molecule has 4 nitrogen and oxygen atoms in total. The highest BCUT2D eigenvalue weighted by Crippen LogP contribution is 2.21. The van der Waals surface area contributed by atoms with Crippen LogP contribution in [-0.4, -0.2) is 12.8 Å². The number of ether oxygens (including phenoxy) is 1. The lowest BCUT2D eigenvalue weighted by Crippen LogP contribution is -2.40. The maximum absolute atomic E-state index is 5.90. The Morgan fingerprint density at radius 1 is 1.24 bits per heavy atom. The van der Waals surface area contributed by atoms with Crippen molar-refractivity contribution < 1.29 is 4.74 Å². The number of nitrogens with zero attached hydrogens (tertiary/aromatic N) is 2. The summed E-state index contributed by atoms with van der Waals surface area (Å²) in [6, 6.07) is 9.60. The van der Waals surface area contributed by atoms with Crippen LogP contribution >= 0.6 is 0 Å². The Kier molecular flexibility index (Phi) is 3.46. The minimum atomic E-state index is -0.703. The van der Waals surface area contributed by atoms with E-state index in [2.05, 4.69) is 10.2 Å². The van der Waals surface area contributed by atoms with Crippen LogP contribution in [0.5, 0.6) is 0 Å². The highest BCUT2D eigenvalue weighted by Gasteiger charge is 2.21. The lowest BCUT2D eigenvalue weighted by atomic mass is 10.0. The third kappa shape index (κ3) is 3.09. The molecule has 0 spiro atoms. The molecule has 1 unspecified atom stereocenters. The lowest BCUT2D eigenvalue weighted by molar-refractivity contribution is 0.0393. The number of nitrogens with two attached hydrogens (primary N) is 1. The summed E-state index contributed by atoms with van der Waals surface area (Å²) in [5, 5.41) is 8.27. The number of azo groups is 1. The lowest BCUT2D eigenvalue weighted by Gasteiger charge is -2.24. The topological polar surface area (TPSA) is 60.0 Å². The van der Waals surface area contributed by atoms with Crippen LogP contribution in [0.15, 0.2) is 64.5 Å². The molecule has 1 aliphatic carbocycles. The number of allylic oxidation sites excluding steroid dienone is 1. The van der Waals surface area contributed by atoms with Crippen LogP contribution in [0, 0.1) is 0 Å².